The van der Waals surface area contributed by atoms with Crippen molar-refractivity contribution in [1.82, 2.24) is 19.5 Å². The van der Waals surface area contributed by atoms with Crippen molar-refractivity contribution in [2.45, 2.75) is 51.4 Å². The van der Waals surface area contributed by atoms with Gasteiger partial charge in [-0.05, 0) is 72.5 Å². The van der Waals surface area contributed by atoms with Crippen LogP contribution in [-0.2, 0) is 26.5 Å². The first-order valence-electron chi connectivity index (χ1n) is 21.4. The van der Waals surface area contributed by atoms with Crippen LogP contribution in [0.4, 0.5) is 0 Å². The average molecular weight is 1060 g/mol. The minimum absolute atomic E-state index is 0. The van der Waals surface area contributed by atoms with Gasteiger partial charge in [-0.2, -0.15) is 0 Å². The molecule has 0 atom stereocenters. The summed E-state index contributed by atoms with van der Waals surface area (Å²) in [4.78, 5) is 14.8. The van der Waals surface area contributed by atoms with Gasteiger partial charge < -0.3 is 8.98 Å². The molecule has 10 rings (SSSR count). The van der Waals surface area contributed by atoms with Gasteiger partial charge in [-0.1, -0.05) is 83.7 Å². The van der Waals surface area contributed by atoms with Crippen molar-refractivity contribution >= 4 is 50.8 Å². The van der Waals surface area contributed by atoms with Crippen molar-refractivity contribution in [1.29, 1.82) is 0 Å². The van der Waals surface area contributed by atoms with Crippen LogP contribution < -0.4 is 4.40 Å². The summed E-state index contributed by atoms with van der Waals surface area (Å²) in [5.41, 5.74) is 15.5. The molecule has 5 nitrogen and oxygen atoms in total. The topological polar surface area (TPSA) is 56.7 Å². The fourth-order valence-electron chi connectivity index (χ4n) is 8.52. The minimum atomic E-state index is -1.86. The molecule has 63 heavy (non-hydrogen) atoms. The Morgan fingerprint density at radius 1 is 0.667 bits per heavy atom. The Balaban J connectivity index is 0.000000219. The van der Waals surface area contributed by atoms with Crippen LogP contribution in [-0.4, -0.2) is 32.8 Å². The van der Waals surface area contributed by atoms with E-state index in [9.17, 15) is 0 Å². The van der Waals surface area contributed by atoms with Crippen LogP contribution >= 0.6 is 0 Å². The molecular formula is C56H50GeIrN4O-2. The zero-order valence-electron chi connectivity index (χ0n) is 36.8. The molecule has 0 aliphatic carbocycles. The van der Waals surface area contributed by atoms with Gasteiger partial charge in [0.2, 0.25) is 5.71 Å². The van der Waals surface area contributed by atoms with Gasteiger partial charge in [0.25, 0.3) is 0 Å². The van der Waals surface area contributed by atoms with Crippen LogP contribution in [0.2, 0.25) is 17.3 Å². The molecular weight excluding hydrogens is 1010 g/mol. The van der Waals surface area contributed by atoms with Gasteiger partial charge >= 0.3 is 126 Å². The van der Waals surface area contributed by atoms with Gasteiger partial charge in [-0.3, -0.25) is 4.98 Å². The van der Waals surface area contributed by atoms with Crippen molar-refractivity contribution in [2.24, 2.45) is 5.92 Å². The van der Waals surface area contributed by atoms with Crippen LogP contribution in [0.3, 0.4) is 0 Å². The normalized spacial score (nSPS) is 11.5. The van der Waals surface area contributed by atoms with E-state index in [1.165, 1.54) is 27.8 Å². The maximum atomic E-state index is 6.55. The number of imidazole rings is 1. The maximum Gasteiger partial charge on any atom is 0.216 e. The van der Waals surface area contributed by atoms with Gasteiger partial charge in [0.1, 0.15) is 0 Å². The van der Waals surface area contributed by atoms with E-state index in [-0.39, 0.29) is 20.1 Å². The molecule has 0 unspecified atom stereocenters. The number of para-hydroxylation sites is 2. The second-order valence-electron chi connectivity index (χ2n) is 17.5. The Bertz CT molecular complexity index is 3160. The maximum absolute atomic E-state index is 6.55. The van der Waals surface area contributed by atoms with Crippen molar-refractivity contribution in [3.05, 3.63) is 187 Å². The monoisotopic (exact) mass is 1060 g/mol. The number of benzene rings is 6. The van der Waals surface area contributed by atoms with Gasteiger partial charge in [-0.25, -0.2) is 4.98 Å². The van der Waals surface area contributed by atoms with Crippen LogP contribution in [0.1, 0.15) is 30.5 Å². The zero-order chi connectivity index (χ0) is 43.0. The number of furan rings is 1. The van der Waals surface area contributed by atoms with E-state index < -0.39 is 13.3 Å². The molecule has 0 saturated heterocycles. The summed E-state index contributed by atoms with van der Waals surface area (Å²) in [6.07, 6.45) is 3.27. The van der Waals surface area contributed by atoms with Gasteiger partial charge in [0.05, 0.1) is 28.1 Å². The molecule has 1 radical (unpaired) electrons. The summed E-state index contributed by atoms with van der Waals surface area (Å²) in [6.45, 7) is 8.82. The Hall–Kier alpha value is -5.92. The number of aromatic nitrogens is 4. The molecule has 0 amide bonds. The summed E-state index contributed by atoms with van der Waals surface area (Å²) in [5.74, 6) is 8.77. The molecule has 0 aliphatic heterocycles. The summed E-state index contributed by atoms with van der Waals surface area (Å²) < 4.78 is 10.3. The van der Waals surface area contributed by atoms with Crippen molar-refractivity contribution in [3.8, 4) is 50.7 Å². The quantitative estimate of drug-likeness (QED) is 0.112. The van der Waals surface area contributed by atoms with E-state index >= 15 is 0 Å². The molecule has 0 bridgehead atoms. The van der Waals surface area contributed by atoms with E-state index in [4.69, 9.17) is 19.4 Å². The molecule has 0 fully saturated rings. The Morgan fingerprint density at radius 3 is 2.10 bits per heavy atom. The Kier molecular flexibility index (Phi) is 12.8. The number of hydrogen-bond acceptors (Lipinski definition) is 4. The first kappa shape index (κ1) is 43.7. The smallest absolute Gasteiger partial charge is 0.216 e. The molecule has 4 heterocycles. The van der Waals surface area contributed by atoms with E-state index in [0.717, 1.165) is 73.4 Å². The molecule has 0 aliphatic rings. The van der Waals surface area contributed by atoms with E-state index in [2.05, 4.69) is 165 Å². The first-order valence-corrected chi connectivity index (χ1v) is 28.8. The number of pyridine rings is 2. The second kappa shape index (κ2) is 18.4. The molecule has 315 valence electrons. The summed E-state index contributed by atoms with van der Waals surface area (Å²) >= 11 is -1.86. The molecule has 0 N–H and O–H groups in total. The molecule has 6 aromatic carbocycles. The predicted octanol–water partition coefficient (Wildman–Crippen LogP) is 14.0. The number of fused-ring (bicyclic) bond motifs is 4. The predicted molar refractivity (Wildman–Crippen MR) is 261 cm³/mol. The van der Waals surface area contributed by atoms with Crippen LogP contribution in [0.15, 0.2) is 162 Å². The van der Waals surface area contributed by atoms with E-state index in [0.29, 0.717) is 11.6 Å². The number of nitrogens with zero attached hydrogens (tertiary/aromatic N) is 4. The first-order chi connectivity index (χ1) is 30.0. The standard InChI is InChI=1S/C38H26N3O.C18H24GeN.Ir/c1-24-10-8-11-25(2)35(24)33-23-22-30-29-14-9-15-31(36(29)42-38(30)40-33)37-39-32-16-6-7-17-34(32)41(37)28-20-18-27(19-21-28)26-12-4-3-5-13-26;1-14(2)11-16-12-18(15-9-7-6-8-10-15)20-13-17(16)19(3,4)5;/h3-14,16-23H,1-2H3;6-9,12-14H,11H2,1-5H3;/q2*-1;. The van der Waals surface area contributed by atoms with Gasteiger partial charge in [0, 0.05) is 36.7 Å². The van der Waals surface area contributed by atoms with Crippen LogP contribution in [0.5, 0.6) is 0 Å². The van der Waals surface area contributed by atoms with E-state index in [1.807, 2.05) is 54.6 Å². The molecule has 0 spiro atoms. The number of rotatable bonds is 8. The Morgan fingerprint density at radius 2 is 1.38 bits per heavy atom. The fourth-order valence-corrected chi connectivity index (χ4v) is 11.9. The third-order valence-electron chi connectivity index (χ3n) is 11.5. The molecule has 7 heteroatoms. The van der Waals surface area contributed by atoms with Gasteiger partial charge in [0.15, 0.2) is 0 Å². The SMILES string of the molecule is CC(C)Cc1cc(-c2[c-]cccc2)nc[c]1[Ge]([CH3])([CH3])[CH3].Cc1cccc(C)c1-c1ccc2c(n1)oc1c(-c3nc4ccccc4n3-c3ccc(-c4ccccc4)cc3)[c-]ccc12.[Ir]. The third-order valence-corrected chi connectivity index (χ3v) is 15.8. The fraction of sp³-hybridized carbons (Fsp3) is 0.161. The number of aryl methyl sites for hydroxylation is 2. The largest absolute Gasteiger partial charge is 0.486 e. The van der Waals surface area contributed by atoms with Gasteiger partial charge in [-0.15, -0.1) is 18.2 Å². The molecule has 10 aromatic rings. The number of hydrogen-bond donors (Lipinski definition) is 0. The molecule has 0 saturated carbocycles. The summed E-state index contributed by atoms with van der Waals surface area (Å²) in [6, 6.07) is 58.9. The van der Waals surface area contributed by atoms with Crippen molar-refractivity contribution < 1.29 is 24.5 Å². The second-order valence-corrected chi connectivity index (χ2v) is 28.1. The van der Waals surface area contributed by atoms with E-state index in [1.54, 1.807) is 4.40 Å². The minimum Gasteiger partial charge on any atom is -0.486 e. The van der Waals surface area contributed by atoms with Crippen LogP contribution in [0.25, 0.3) is 83.8 Å². The zero-order valence-corrected chi connectivity index (χ0v) is 41.3. The van der Waals surface area contributed by atoms with Crippen molar-refractivity contribution in [2.75, 3.05) is 0 Å². The third kappa shape index (κ3) is 8.99. The van der Waals surface area contributed by atoms with Crippen molar-refractivity contribution in [3.63, 3.8) is 0 Å². The Labute approximate surface area is 387 Å². The summed E-state index contributed by atoms with van der Waals surface area (Å²) in [7, 11) is 0. The van der Waals surface area contributed by atoms with Crippen LogP contribution in [0, 0.1) is 31.9 Å². The average Bonchev–Trinajstić information content (AvgIpc) is 3.85. The summed E-state index contributed by atoms with van der Waals surface area (Å²) in [5, 5.41) is 1.97. The molecule has 4 aromatic heterocycles.